The molecule has 0 spiro atoms. The highest BCUT2D eigenvalue weighted by Crippen LogP contribution is 2.24. The molecule has 0 saturated heterocycles. The van der Waals surface area contributed by atoms with Gasteiger partial charge in [-0.1, -0.05) is 18.2 Å². The number of pyridine rings is 1. The molecule has 0 fully saturated rings. The van der Waals surface area contributed by atoms with Gasteiger partial charge in [-0.2, -0.15) is 0 Å². The first-order valence-electron chi connectivity index (χ1n) is 4.81. The number of nitrogens with zero attached hydrogens (tertiary/aromatic N) is 1. The molecule has 0 N–H and O–H groups in total. The van der Waals surface area contributed by atoms with Crippen LogP contribution in [0.2, 0.25) is 0 Å². The number of hydrogen-bond donors (Lipinski definition) is 0. The van der Waals surface area contributed by atoms with Gasteiger partial charge in [0.15, 0.2) is 16.6 Å². The molecule has 7 heteroatoms. The molecular weight excluding hydrogens is 281 g/mol. The summed E-state index contributed by atoms with van der Waals surface area (Å²) in [5, 5.41) is -0.349. The maximum absolute atomic E-state index is 13.3. The van der Waals surface area contributed by atoms with Gasteiger partial charge in [0.1, 0.15) is 0 Å². The van der Waals surface area contributed by atoms with E-state index in [1.807, 2.05) is 0 Å². The second kappa shape index (κ2) is 4.91. The summed E-state index contributed by atoms with van der Waals surface area (Å²) in [5.74, 6) is -0.672. The number of para-hydroxylation sites is 1. The van der Waals surface area contributed by atoms with E-state index in [2.05, 4.69) is 4.98 Å². The van der Waals surface area contributed by atoms with Crippen molar-refractivity contribution in [3.05, 3.63) is 48.3 Å². The Morgan fingerprint density at radius 3 is 2.50 bits per heavy atom. The van der Waals surface area contributed by atoms with E-state index in [0.717, 1.165) is 0 Å². The van der Waals surface area contributed by atoms with Crippen molar-refractivity contribution in [1.82, 2.24) is 4.98 Å². The second-order valence-electron chi connectivity index (χ2n) is 3.28. The highest BCUT2D eigenvalue weighted by atomic mass is 35.7. The van der Waals surface area contributed by atoms with Crippen molar-refractivity contribution in [2.24, 2.45) is 0 Å². The number of ether oxygens (including phenoxy) is 1. The zero-order valence-corrected chi connectivity index (χ0v) is 10.5. The van der Waals surface area contributed by atoms with Crippen molar-refractivity contribution in [3.63, 3.8) is 0 Å². The summed E-state index contributed by atoms with van der Waals surface area (Å²) in [6.07, 6.45) is 0. The van der Waals surface area contributed by atoms with Crippen LogP contribution < -0.4 is 4.74 Å². The zero-order valence-electron chi connectivity index (χ0n) is 8.88. The van der Waals surface area contributed by atoms with Gasteiger partial charge in [-0.25, -0.2) is 17.8 Å². The molecule has 0 amide bonds. The van der Waals surface area contributed by atoms with E-state index in [9.17, 15) is 12.8 Å². The van der Waals surface area contributed by atoms with Gasteiger partial charge < -0.3 is 4.74 Å². The quantitative estimate of drug-likeness (QED) is 0.815. The third-order valence-electron chi connectivity index (χ3n) is 2.00. The third kappa shape index (κ3) is 2.96. The number of benzene rings is 1. The van der Waals surface area contributed by atoms with Crippen molar-refractivity contribution in [1.29, 1.82) is 0 Å². The minimum atomic E-state index is -3.94. The first-order valence-corrected chi connectivity index (χ1v) is 7.12. The first-order chi connectivity index (χ1) is 8.47. The van der Waals surface area contributed by atoms with Crippen molar-refractivity contribution >= 4 is 19.7 Å². The molecule has 2 aromatic rings. The lowest BCUT2D eigenvalue weighted by Gasteiger charge is -2.05. The Bertz CT molecular complexity index is 675. The van der Waals surface area contributed by atoms with Gasteiger partial charge in [0.2, 0.25) is 5.88 Å². The Morgan fingerprint density at radius 2 is 1.83 bits per heavy atom. The van der Waals surface area contributed by atoms with Gasteiger partial charge in [0, 0.05) is 16.7 Å². The molecule has 0 unspecified atom stereocenters. The Kier molecular flexibility index (Phi) is 3.49. The summed E-state index contributed by atoms with van der Waals surface area (Å²) in [4.78, 5) is 3.67. The van der Waals surface area contributed by atoms with Crippen LogP contribution in [0.3, 0.4) is 0 Å². The van der Waals surface area contributed by atoms with Gasteiger partial charge in [0.05, 0.1) is 0 Å². The van der Waals surface area contributed by atoms with Gasteiger partial charge in [0.25, 0.3) is 9.05 Å². The van der Waals surface area contributed by atoms with Crippen LogP contribution in [0.5, 0.6) is 11.6 Å². The van der Waals surface area contributed by atoms with E-state index < -0.39 is 14.9 Å². The lowest BCUT2D eigenvalue weighted by Crippen LogP contribution is -1.97. The van der Waals surface area contributed by atoms with Crippen LogP contribution in [-0.4, -0.2) is 13.4 Å². The van der Waals surface area contributed by atoms with E-state index in [4.69, 9.17) is 15.4 Å². The fourth-order valence-electron chi connectivity index (χ4n) is 1.23. The largest absolute Gasteiger partial charge is 0.436 e. The van der Waals surface area contributed by atoms with Crippen LogP contribution in [0.1, 0.15) is 0 Å². The van der Waals surface area contributed by atoms with E-state index in [-0.39, 0.29) is 16.7 Å². The topological polar surface area (TPSA) is 56.3 Å². The molecule has 0 aliphatic rings. The van der Waals surface area contributed by atoms with Crippen molar-refractivity contribution < 1.29 is 17.5 Å². The second-order valence-corrected chi connectivity index (χ2v) is 5.80. The average molecular weight is 288 g/mol. The zero-order chi connectivity index (χ0) is 13.2. The van der Waals surface area contributed by atoms with E-state index in [0.29, 0.717) is 0 Å². The number of halogens is 2. The number of aromatic nitrogens is 1. The van der Waals surface area contributed by atoms with Crippen LogP contribution >= 0.6 is 10.7 Å². The molecule has 0 saturated carbocycles. The number of rotatable bonds is 3. The Balaban J connectivity index is 2.34. The highest BCUT2D eigenvalue weighted by molar-refractivity contribution is 8.13. The third-order valence-corrected chi connectivity index (χ3v) is 3.20. The molecule has 1 aromatic carbocycles. The summed E-state index contributed by atoms with van der Waals surface area (Å²) >= 11 is 0. The minimum absolute atomic E-state index is 0.0471. The maximum atomic E-state index is 13.3. The molecule has 4 nitrogen and oxygen atoms in total. The Morgan fingerprint density at radius 1 is 1.11 bits per heavy atom. The summed E-state index contributed by atoms with van der Waals surface area (Å²) in [6.45, 7) is 0. The summed E-state index contributed by atoms with van der Waals surface area (Å²) in [6, 6.07) is 9.74. The molecule has 0 aliphatic carbocycles. The molecule has 0 radical (unpaired) electrons. The Labute approximate surface area is 107 Å². The van der Waals surface area contributed by atoms with Gasteiger partial charge >= 0.3 is 0 Å². The monoisotopic (exact) mass is 287 g/mol. The molecule has 18 heavy (non-hydrogen) atoms. The number of hydrogen-bond acceptors (Lipinski definition) is 4. The predicted octanol–water partition coefficient (Wildman–Crippen LogP) is 2.94. The van der Waals surface area contributed by atoms with Crippen molar-refractivity contribution in [2.75, 3.05) is 0 Å². The molecule has 0 bridgehead atoms. The predicted molar refractivity (Wildman–Crippen MR) is 63.7 cm³/mol. The Hall–Kier alpha value is -1.66. The van der Waals surface area contributed by atoms with E-state index in [1.165, 1.54) is 36.4 Å². The van der Waals surface area contributed by atoms with Gasteiger partial charge in [-0.15, -0.1) is 0 Å². The summed E-state index contributed by atoms with van der Waals surface area (Å²) in [7, 11) is 1.20. The maximum Gasteiger partial charge on any atom is 0.278 e. The van der Waals surface area contributed by atoms with Gasteiger partial charge in [-0.05, 0) is 18.2 Å². The van der Waals surface area contributed by atoms with Crippen molar-refractivity contribution in [2.45, 2.75) is 5.03 Å². The molecule has 1 heterocycles. The molecule has 0 aliphatic heterocycles. The summed E-state index contributed by atoms with van der Waals surface area (Å²) in [5.41, 5.74) is 0. The lowest BCUT2D eigenvalue weighted by molar-refractivity contribution is 0.423. The molecule has 0 atom stereocenters. The SMILES string of the molecule is O=S(=O)(Cl)c1cccc(Oc2ccccc2F)n1. The minimum Gasteiger partial charge on any atom is -0.436 e. The smallest absolute Gasteiger partial charge is 0.278 e. The van der Waals surface area contributed by atoms with Gasteiger partial charge in [-0.3, -0.25) is 0 Å². The first kappa shape index (κ1) is 12.8. The summed E-state index contributed by atoms with van der Waals surface area (Å²) < 4.78 is 40.6. The highest BCUT2D eigenvalue weighted by Gasteiger charge is 2.13. The molecule has 2 rings (SSSR count). The molecular formula is C11H7ClFNO3S. The van der Waals surface area contributed by atoms with Crippen LogP contribution in [0.25, 0.3) is 0 Å². The fraction of sp³-hybridized carbons (Fsp3) is 0. The van der Waals surface area contributed by atoms with Crippen LogP contribution in [-0.2, 0) is 9.05 Å². The lowest BCUT2D eigenvalue weighted by atomic mass is 10.3. The normalized spacial score (nSPS) is 11.2. The van der Waals surface area contributed by atoms with E-state index >= 15 is 0 Å². The van der Waals surface area contributed by atoms with Crippen LogP contribution in [0.15, 0.2) is 47.5 Å². The van der Waals surface area contributed by atoms with Crippen molar-refractivity contribution in [3.8, 4) is 11.6 Å². The standard InChI is InChI=1S/C11H7ClFNO3S/c12-18(15,16)11-7-3-6-10(14-11)17-9-5-2-1-4-8(9)13/h1-7H. The molecule has 1 aromatic heterocycles. The fourth-order valence-corrected chi connectivity index (χ4v) is 1.93. The van der Waals surface area contributed by atoms with E-state index in [1.54, 1.807) is 6.07 Å². The molecule has 94 valence electrons. The van der Waals surface area contributed by atoms with Crippen LogP contribution in [0, 0.1) is 5.82 Å². The van der Waals surface area contributed by atoms with Crippen LogP contribution in [0.4, 0.5) is 4.39 Å². The average Bonchev–Trinajstić information content (AvgIpc) is 2.31.